The average molecular weight is 204 g/mol. The average Bonchev–Trinajstić information content (AvgIpc) is 2.96. The third kappa shape index (κ3) is 1.83. The molecule has 0 radical (unpaired) electrons. The van der Waals surface area contributed by atoms with Gasteiger partial charge in [0.25, 0.3) is 0 Å². The summed E-state index contributed by atoms with van der Waals surface area (Å²) in [5.74, 6) is 1.80. The highest BCUT2D eigenvalue weighted by Gasteiger charge is 2.23. The van der Waals surface area contributed by atoms with Crippen molar-refractivity contribution < 1.29 is 13.9 Å². The summed E-state index contributed by atoms with van der Waals surface area (Å²) in [5, 5.41) is 1.08. The number of aryl methyl sites for hydroxylation is 1. The number of epoxide rings is 1. The molecule has 15 heavy (non-hydrogen) atoms. The fourth-order valence-corrected chi connectivity index (χ4v) is 1.60. The number of fused-ring (bicyclic) bond motifs is 1. The number of furan rings is 1. The van der Waals surface area contributed by atoms with Crippen LogP contribution < -0.4 is 4.74 Å². The normalized spacial score (nSPS) is 19.4. The number of hydrogen-bond donors (Lipinski definition) is 0. The Morgan fingerprint density at radius 3 is 3.07 bits per heavy atom. The van der Waals surface area contributed by atoms with E-state index in [0.717, 1.165) is 29.1 Å². The van der Waals surface area contributed by atoms with E-state index < -0.39 is 0 Å². The highest BCUT2D eigenvalue weighted by molar-refractivity contribution is 5.79. The quantitative estimate of drug-likeness (QED) is 0.720. The fraction of sp³-hybridized carbons (Fsp3) is 0.333. The standard InChI is InChI=1S/C12H12O3/c1-8-4-9-5-10(2-3-12(9)15-8)13-6-11-7-14-11/h2-5,11H,6-7H2,1H3/t11-/m0/s1. The maximum Gasteiger partial charge on any atom is 0.134 e. The maximum absolute atomic E-state index is 5.58. The third-order valence-electron chi connectivity index (χ3n) is 2.45. The van der Waals surface area contributed by atoms with E-state index >= 15 is 0 Å². The van der Waals surface area contributed by atoms with Crippen LogP contribution in [0.15, 0.2) is 28.7 Å². The van der Waals surface area contributed by atoms with Gasteiger partial charge in [-0.1, -0.05) is 0 Å². The molecule has 3 rings (SSSR count). The second kappa shape index (κ2) is 3.28. The molecule has 2 heterocycles. The predicted octanol–water partition coefficient (Wildman–Crippen LogP) is 2.52. The van der Waals surface area contributed by atoms with Crippen LogP contribution in [0.4, 0.5) is 0 Å². The molecule has 1 fully saturated rings. The minimum atomic E-state index is 0.298. The zero-order valence-corrected chi connectivity index (χ0v) is 8.53. The van der Waals surface area contributed by atoms with Crippen molar-refractivity contribution in [2.45, 2.75) is 13.0 Å². The van der Waals surface area contributed by atoms with E-state index in [1.54, 1.807) is 0 Å². The van der Waals surface area contributed by atoms with Crippen molar-refractivity contribution in [1.82, 2.24) is 0 Å². The summed E-state index contributed by atoms with van der Waals surface area (Å²) in [6.45, 7) is 3.41. The van der Waals surface area contributed by atoms with Crippen LogP contribution in [0.5, 0.6) is 5.75 Å². The second-order valence-corrected chi connectivity index (χ2v) is 3.82. The van der Waals surface area contributed by atoms with Gasteiger partial charge in [-0.3, -0.25) is 0 Å². The monoisotopic (exact) mass is 204 g/mol. The van der Waals surface area contributed by atoms with Crippen molar-refractivity contribution in [2.75, 3.05) is 13.2 Å². The molecule has 2 aromatic rings. The smallest absolute Gasteiger partial charge is 0.134 e. The minimum Gasteiger partial charge on any atom is -0.491 e. The van der Waals surface area contributed by atoms with Crippen molar-refractivity contribution >= 4 is 11.0 Å². The molecule has 0 N–H and O–H groups in total. The van der Waals surface area contributed by atoms with E-state index in [1.165, 1.54) is 0 Å². The molecule has 0 amide bonds. The summed E-state index contributed by atoms with van der Waals surface area (Å²) in [4.78, 5) is 0. The van der Waals surface area contributed by atoms with Gasteiger partial charge in [-0.15, -0.1) is 0 Å². The zero-order valence-electron chi connectivity index (χ0n) is 8.53. The van der Waals surface area contributed by atoms with Crippen LogP contribution in [0.2, 0.25) is 0 Å². The van der Waals surface area contributed by atoms with E-state index in [1.807, 2.05) is 31.2 Å². The molecule has 0 bridgehead atoms. The lowest BCUT2D eigenvalue weighted by atomic mass is 10.2. The van der Waals surface area contributed by atoms with Gasteiger partial charge in [-0.2, -0.15) is 0 Å². The molecular weight excluding hydrogens is 192 g/mol. The van der Waals surface area contributed by atoms with Crippen LogP contribution in [0.3, 0.4) is 0 Å². The Morgan fingerprint density at radius 2 is 2.27 bits per heavy atom. The van der Waals surface area contributed by atoms with Crippen molar-refractivity contribution in [2.24, 2.45) is 0 Å². The first-order valence-electron chi connectivity index (χ1n) is 5.06. The minimum absolute atomic E-state index is 0.298. The lowest BCUT2D eigenvalue weighted by molar-refractivity contribution is 0.263. The molecule has 3 nitrogen and oxygen atoms in total. The number of hydrogen-bond acceptors (Lipinski definition) is 3. The Labute approximate surface area is 87.6 Å². The van der Waals surface area contributed by atoms with Crippen molar-refractivity contribution in [3.8, 4) is 5.75 Å². The summed E-state index contributed by atoms with van der Waals surface area (Å²) in [7, 11) is 0. The molecule has 0 aliphatic carbocycles. The van der Waals surface area contributed by atoms with Crippen LogP contribution >= 0.6 is 0 Å². The Morgan fingerprint density at radius 1 is 1.40 bits per heavy atom. The van der Waals surface area contributed by atoms with Crippen LogP contribution in [-0.4, -0.2) is 19.3 Å². The van der Waals surface area contributed by atoms with E-state index in [4.69, 9.17) is 13.9 Å². The van der Waals surface area contributed by atoms with E-state index in [9.17, 15) is 0 Å². The SMILES string of the molecule is Cc1cc2cc(OC[C@H]3CO3)ccc2o1. The highest BCUT2D eigenvalue weighted by Crippen LogP contribution is 2.24. The Hall–Kier alpha value is -1.48. The van der Waals surface area contributed by atoms with Gasteiger partial charge in [0.1, 0.15) is 29.8 Å². The van der Waals surface area contributed by atoms with E-state index in [0.29, 0.717) is 12.7 Å². The van der Waals surface area contributed by atoms with Gasteiger partial charge in [-0.05, 0) is 31.2 Å². The summed E-state index contributed by atoms with van der Waals surface area (Å²) in [6.07, 6.45) is 0.298. The lowest BCUT2D eigenvalue weighted by Gasteiger charge is -2.02. The topological polar surface area (TPSA) is 34.9 Å². The van der Waals surface area contributed by atoms with Gasteiger partial charge in [0.05, 0.1) is 6.61 Å². The molecule has 1 saturated heterocycles. The van der Waals surface area contributed by atoms with Gasteiger partial charge < -0.3 is 13.9 Å². The molecule has 0 saturated carbocycles. The molecule has 1 atom stereocenters. The molecule has 0 unspecified atom stereocenters. The fourth-order valence-electron chi connectivity index (χ4n) is 1.60. The Kier molecular flexibility index (Phi) is 1.92. The summed E-state index contributed by atoms with van der Waals surface area (Å²) >= 11 is 0. The van der Waals surface area contributed by atoms with E-state index in [2.05, 4.69) is 0 Å². The number of rotatable bonds is 3. The van der Waals surface area contributed by atoms with Crippen molar-refractivity contribution in [3.05, 3.63) is 30.0 Å². The van der Waals surface area contributed by atoms with Gasteiger partial charge in [0.15, 0.2) is 0 Å². The molecular formula is C12H12O3. The third-order valence-corrected chi connectivity index (χ3v) is 2.45. The molecule has 1 aromatic heterocycles. The lowest BCUT2D eigenvalue weighted by Crippen LogP contribution is -2.03. The van der Waals surface area contributed by atoms with Crippen molar-refractivity contribution in [3.63, 3.8) is 0 Å². The Bertz CT molecular complexity index is 483. The molecule has 78 valence electrons. The molecule has 1 aliphatic rings. The molecule has 1 aliphatic heterocycles. The van der Waals surface area contributed by atoms with Crippen LogP contribution in [0.25, 0.3) is 11.0 Å². The van der Waals surface area contributed by atoms with Crippen LogP contribution in [-0.2, 0) is 4.74 Å². The van der Waals surface area contributed by atoms with Crippen LogP contribution in [0, 0.1) is 6.92 Å². The summed E-state index contributed by atoms with van der Waals surface area (Å²) in [5.41, 5.74) is 0.905. The molecule has 3 heteroatoms. The highest BCUT2D eigenvalue weighted by atomic mass is 16.6. The summed E-state index contributed by atoms with van der Waals surface area (Å²) < 4.78 is 16.1. The first-order chi connectivity index (χ1) is 7.31. The first kappa shape index (κ1) is 8.80. The van der Waals surface area contributed by atoms with Crippen molar-refractivity contribution in [1.29, 1.82) is 0 Å². The second-order valence-electron chi connectivity index (χ2n) is 3.82. The Balaban J connectivity index is 1.84. The number of benzene rings is 1. The summed E-state index contributed by atoms with van der Waals surface area (Å²) in [6, 6.07) is 7.86. The zero-order chi connectivity index (χ0) is 10.3. The van der Waals surface area contributed by atoms with Gasteiger partial charge >= 0.3 is 0 Å². The molecule has 0 spiro atoms. The van der Waals surface area contributed by atoms with Gasteiger partial charge in [0, 0.05) is 5.39 Å². The number of ether oxygens (including phenoxy) is 2. The first-order valence-corrected chi connectivity index (χ1v) is 5.06. The van der Waals surface area contributed by atoms with Gasteiger partial charge in [0.2, 0.25) is 0 Å². The largest absolute Gasteiger partial charge is 0.491 e. The maximum atomic E-state index is 5.58. The molecule has 1 aromatic carbocycles. The predicted molar refractivity (Wildman–Crippen MR) is 56.2 cm³/mol. The van der Waals surface area contributed by atoms with Gasteiger partial charge in [-0.25, -0.2) is 0 Å². The van der Waals surface area contributed by atoms with E-state index in [-0.39, 0.29) is 0 Å². The van der Waals surface area contributed by atoms with Crippen LogP contribution in [0.1, 0.15) is 5.76 Å².